The maximum absolute atomic E-state index is 5.19. The van der Waals surface area contributed by atoms with Gasteiger partial charge in [-0.25, -0.2) is 4.68 Å². The minimum atomic E-state index is 0.577. The Morgan fingerprint density at radius 3 is 2.95 bits per heavy atom. The van der Waals surface area contributed by atoms with Gasteiger partial charge in [0.15, 0.2) is 5.82 Å². The molecule has 3 aromatic heterocycles. The van der Waals surface area contributed by atoms with Crippen molar-refractivity contribution in [2.75, 3.05) is 7.11 Å². The number of methoxy groups -OCH3 is 1. The van der Waals surface area contributed by atoms with Crippen molar-refractivity contribution in [2.45, 2.75) is 18.8 Å². The van der Waals surface area contributed by atoms with Crippen LogP contribution in [0.1, 0.15) is 24.5 Å². The van der Waals surface area contributed by atoms with Crippen molar-refractivity contribution in [3.05, 3.63) is 42.4 Å². The van der Waals surface area contributed by atoms with Crippen molar-refractivity contribution in [3.8, 4) is 11.7 Å². The number of hydrogen-bond donors (Lipinski definition) is 0. The first kappa shape index (κ1) is 11.4. The lowest BCUT2D eigenvalue weighted by Gasteiger charge is -2.04. The number of fused-ring (bicyclic) bond motifs is 1. The Morgan fingerprint density at radius 2 is 2.15 bits per heavy atom. The molecule has 1 aliphatic rings. The van der Waals surface area contributed by atoms with Gasteiger partial charge < -0.3 is 4.74 Å². The quantitative estimate of drug-likeness (QED) is 0.731. The van der Waals surface area contributed by atoms with Crippen LogP contribution < -0.4 is 4.74 Å². The van der Waals surface area contributed by atoms with E-state index < -0.39 is 0 Å². The van der Waals surface area contributed by atoms with Crippen molar-refractivity contribution >= 4 is 10.9 Å². The van der Waals surface area contributed by atoms with E-state index in [4.69, 9.17) is 9.84 Å². The van der Waals surface area contributed by atoms with Crippen molar-refractivity contribution in [2.24, 2.45) is 0 Å². The molecule has 100 valence electrons. The van der Waals surface area contributed by atoms with Crippen molar-refractivity contribution in [1.82, 2.24) is 19.7 Å². The molecule has 0 unspecified atom stereocenters. The predicted molar refractivity (Wildman–Crippen MR) is 75.2 cm³/mol. The highest BCUT2D eigenvalue weighted by atomic mass is 16.5. The Bertz CT molecular complexity index is 776. The van der Waals surface area contributed by atoms with Gasteiger partial charge in [0.2, 0.25) is 5.88 Å². The molecular formula is C15H14N4O. The minimum Gasteiger partial charge on any atom is -0.481 e. The molecule has 0 amide bonds. The topological polar surface area (TPSA) is 52.8 Å². The van der Waals surface area contributed by atoms with E-state index >= 15 is 0 Å². The van der Waals surface area contributed by atoms with Crippen LogP contribution in [-0.2, 0) is 0 Å². The molecule has 3 heterocycles. The number of rotatable bonds is 3. The fourth-order valence-corrected chi connectivity index (χ4v) is 2.45. The van der Waals surface area contributed by atoms with Crippen LogP contribution in [0.5, 0.6) is 5.88 Å². The Hall–Kier alpha value is -2.43. The molecular weight excluding hydrogens is 252 g/mol. The van der Waals surface area contributed by atoms with E-state index in [2.05, 4.69) is 9.97 Å². The third-order valence-corrected chi connectivity index (χ3v) is 3.61. The molecule has 0 spiro atoms. The Kier molecular flexibility index (Phi) is 2.45. The summed E-state index contributed by atoms with van der Waals surface area (Å²) in [4.78, 5) is 8.69. The predicted octanol–water partition coefficient (Wildman–Crippen LogP) is 2.70. The second kappa shape index (κ2) is 4.30. The van der Waals surface area contributed by atoms with E-state index in [0.29, 0.717) is 11.8 Å². The van der Waals surface area contributed by atoms with Crippen LogP contribution in [0.4, 0.5) is 0 Å². The van der Waals surface area contributed by atoms with Crippen molar-refractivity contribution in [1.29, 1.82) is 0 Å². The highest BCUT2D eigenvalue weighted by molar-refractivity contribution is 5.83. The molecule has 0 aromatic carbocycles. The summed E-state index contributed by atoms with van der Waals surface area (Å²) in [6, 6.07) is 7.67. The number of pyridine rings is 2. The molecule has 1 aliphatic carbocycles. The summed E-state index contributed by atoms with van der Waals surface area (Å²) in [5.41, 5.74) is 2.18. The lowest BCUT2D eigenvalue weighted by Crippen LogP contribution is -2.01. The highest BCUT2D eigenvalue weighted by Crippen LogP contribution is 2.42. The maximum atomic E-state index is 5.19. The van der Waals surface area contributed by atoms with Gasteiger partial charge >= 0.3 is 0 Å². The molecule has 0 saturated heterocycles. The summed E-state index contributed by atoms with van der Waals surface area (Å²) in [6.07, 6.45) is 6.11. The molecule has 0 atom stereocenters. The molecule has 5 heteroatoms. The van der Waals surface area contributed by atoms with Crippen LogP contribution in [0.3, 0.4) is 0 Å². The molecule has 1 saturated carbocycles. The van der Waals surface area contributed by atoms with Crippen LogP contribution in [0.15, 0.2) is 36.7 Å². The molecule has 0 radical (unpaired) electrons. The van der Waals surface area contributed by atoms with Gasteiger partial charge in [-0.15, -0.1) is 0 Å². The summed E-state index contributed by atoms with van der Waals surface area (Å²) >= 11 is 0. The summed E-state index contributed by atoms with van der Waals surface area (Å²) in [5.74, 6) is 1.94. The van der Waals surface area contributed by atoms with Crippen LogP contribution in [0.25, 0.3) is 16.7 Å². The fourth-order valence-electron chi connectivity index (χ4n) is 2.45. The summed E-state index contributed by atoms with van der Waals surface area (Å²) in [5, 5.41) is 5.88. The van der Waals surface area contributed by atoms with Gasteiger partial charge in [-0.05, 0) is 25.0 Å². The third-order valence-electron chi connectivity index (χ3n) is 3.61. The lowest BCUT2D eigenvalue weighted by molar-refractivity contribution is 0.397. The van der Waals surface area contributed by atoms with Gasteiger partial charge in [0.1, 0.15) is 0 Å². The average Bonchev–Trinajstić information content (AvgIpc) is 3.28. The first-order valence-electron chi connectivity index (χ1n) is 6.71. The molecule has 0 aliphatic heterocycles. The van der Waals surface area contributed by atoms with E-state index in [1.54, 1.807) is 13.3 Å². The number of aromatic nitrogens is 4. The molecule has 0 bridgehead atoms. The SMILES string of the molecule is COc1cccc(-n2nc(C3CC3)c3cnccc32)n1. The van der Waals surface area contributed by atoms with Gasteiger partial charge in [-0.2, -0.15) is 10.1 Å². The van der Waals surface area contributed by atoms with Gasteiger partial charge in [0.25, 0.3) is 0 Å². The van der Waals surface area contributed by atoms with Gasteiger partial charge in [0.05, 0.1) is 18.3 Å². The zero-order valence-corrected chi connectivity index (χ0v) is 11.2. The van der Waals surface area contributed by atoms with Gasteiger partial charge in [-0.3, -0.25) is 4.98 Å². The Morgan fingerprint density at radius 1 is 1.25 bits per heavy atom. The number of ether oxygens (including phenoxy) is 1. The number of hydrogen-bond acceptors (Lipinski definition) is 4. The molecule has 3 aromatic rings. The molecule has 0 N–H and O–H groups in total. The first-order valence-corrected chi connectivity index (χ1v) is 6.71. The molecule has 20 heavy (non-hydrogen) atoms. The lowest BCUT2D eigenvalue weighted by atomic mass is 10.2. The fraction of sp³-hybridized carbons (Fsp3) is 0.267. The van der Waals surface area contributed by atoms with E-state index in [0.717, 1.165) is 22.4 Å². The maximum Gasteiger partial charge on any atom is 0.214 e. The van der Waals surface area contributed by atoms with Crippen LogP contribution in [-0.4, -0.2) is 26.9 Å². The molecule has 1 fully saturated rings. The summed E-state index contributed by atoms with van der Waals surface area (Å²) < 4.78 is 7.07. The third kappa shape index (κ3) is 1.74. The van der Waals surface area contributed by atoms with Gasteiger partial charge in [0, 0.05) is 29.8 Å². The van der Waals surface area contributed by atoms with Crippen LogP contribution >= 0.6 is 0 Å². The van der Waals surface area contributed by atoms with E-state index in [1.807, 2.05) is 35.1 Å². The largest absolute Gasteiger partial charge is 0.481 e. The normalized spacial score (nSPS) is 14.7. The molecule has 4 rings (SSSR count). The second-order valence-electron chi connectivity index (χ2n) is 5.00. The summed E-state index contributed by atoms with van der Waals surface area (Å²) in [6.45, 7) is 0. The van der Waals surface area contributed by atoms with Gasteiger partial charge in [-0.1, -0.05) is 6.07 Å². The Labute approximate surface area is 116 Å². The van der Waals surface area contributed by atoms with Crippen LogP contribution in [0.2, 0.25) is 0 Å². The standard InChI is InChI=1S/C15H14N4O/c1-20-14-4-2-3-13(17-14)19-12-7-8-16-9-11(12)15(18-19)10-5-6-10/h2-4,7-10H,5-6H2,1H3. The van der Waals surface area contributed by atoms with E-state index in [1.165, 1.54) is 12.8 Å². The summed E-state index contributed by atoms with van der Waals surface area (Å²) in [7, 11) is 1.62. The highest BCUT2D eigenvalue weighted by Gasteiger charge is 2.29. The monoisotopic (exact) mass is 266 g/mol. The van der Waals surface area contributed by atoms with Crippen molar-refractivity contribution in [3.63, 3.8) is 0 Å². The smallest absolute Gasteiger partial charge is 0.214 e. The van der Waals surface area contributed by atoms with E-state index in [-0.39, 0.29) is 0 Å². The number of nitrogens with zero attached hydrogens (tertiary/aromatic N) is 4. The second-order valence-corrected chi connectivity index (χ2v) is 5.00. The van der Waals surface area contributed by atoms with Crippen LogP contribution in [0, 0.1) is 0 Å². The Balaban J connectivity index is 1.94. The first-order chi connectivity index (χ1) is 9.86. The molecule has 5 nitrogen and oxygen atoms in total. The minimum absolute atomic E-state index is 0.577. The van der Waals surface area contributed by atoms with E-state index in [9.17, 15) is 0 Å². The van der Waals surface area contributed by atoms with Crippen molar-refractivity contribution < 1.29 is 4.74 Å². The zero-order valence-electron chi connectivity index (χ0n) is 11.2. The zero-order chi connectivity index (χ0) is 13.5. The average molecular weight is 266 g/mol.